The van der Waals surface area contributed by atoms with Crippen LogP contribution < -0.4 is 11.1 Å². The van der Waals surface area contributed by atoms with Crippen LogP contribution in [0.2, 0.25) is 0 Å². The van der Waals surface area contributed by atoms with Gasteiger partial charge in [0.25, 0.3) is 5.91 Å². The quantitative estimate of drug-likeness (QED) is 0.582. The van der Waals surface area contributed by atoms with E-state index < -0.39 is 16.5 Å². The summed E-state index contributed by atoms with van der Waals surface area (Å²) >= 11 is 1.52. The molecule has 1 spiro atoms. The van der Waals surface area contributed by atoms with E-state index in [1.807, 2.05) is 17.5 Å². The van der Waals surface area contributed by atoms with Gasteiger partial charge in [0.2, 0.25) is 0 Å². The molecule has 0 radical (unpaired) electrons. The molecule has 9 nitrogen and oxygen atoms in total. The summed E-state index contributed by atoms with van der Waals surface area (Å²) in [6.45, 7) is 1.80. The first-order valence-electron chi connectivity index (χ1n) is 9.51. The van der Waals surface area contributed by atoms with Gasteiger partial charge in [-0.05, 0) is 30.4 Å². The summed E-state index contributed by atoms with van der Waals surface area (Å²) in [5.74, 6) is 0.505. The Kier molecular flexibility index (Phi) is 4.05. The maximum atomic E-state index is 12.8. The largest absolute Gasteiger partial charge is 0.336 e. The van der Waals surface area contributed by atoms with Gasteiger partial charge in [0, 0.05) is 37.8 Å². The third kappa shape index (κ3) is 2.86. The predicted octanol–water partition coefficient (Wildman–Crippen LogP) is 0.436. The van der Waals surface area contributed by atoms with Crippen LogP contribution in [0.15, 0.2) is 39.4 Å². The Morgan fingerprint density at radius 1 is 1.17 bits per heavy atom. The lowest BCUT2D eigenvalue weighted by atomic mass is 9.85. The normalized spacial score (nSPS) is 20.5. The number of likely N-dealkylation sites (tertiary alicyclic amines) is 1. The van der Waals surface area contributed by atoms with Crippen LogP contribution in [-0.4, -0.2) is 48.0 Å². The van der Waals surface area contributed by atoms with Gasteiger partial charge in [-0.3, -0.25) is 23.6 Å². The molecule has 5 heterocycles. The van der Waals surface area contributed by atoms with Gasteiger partial charge in [0.1, 0.15) is 11.5 Å². The van der Waals surface area contributed by atoms with Gasteiger partial charge in [0.05, 0.1) is 12.0 Å². The molecule has 1 saturated heterocycles. The van der Waals surface area contributed by atoms with Gasteiger partial charge in [-0.25, -0.2) is 4.68 Å². The summed E-state index contributed by atoms with van der Waals surface area (Å²) in [6.07, 6.45) is 3.16. The fourth-order valence-electron chi connectivity index (χ4n) is 4.35. The van der Waals surface area contributed by atoms with Crippen LogP contribution in [0, 0.1) is 0 Å². The number of thiophene rings is 1. The van der Waals surface area contributed by atoms with Crippen molar-refractivity contribution in [2.45, 2.75) is 31.3 Å². The first kappa shape index (κ1) is 18.0. The molecule has 0 unspecified atom stereocenters. The zero-order valence-corrected chi connectivity index (χ0v) is 16.8. The lowest BCUT2D eigenvalue weighted by Gasteiger charge is -2.23. The van der Waals surface area contributed by atoms with Crippen molar-refractivity contribution >= 4 is 17.2 Å². The lowest BCUT2D eigenvalue weighted by Crippen LogP contribution is -2.45. The van der Waals surface area contributed by atoms with Gasteiger partial charge < -0.3 is 4.90 Å². The third-order valence-corrected chi connectivity index (χ3v) is 6.74. The molecule has 0 aliphatic carbocycles. The number of aryl methyl sites for hydroxylation is 1. The number of hydrogen-bond donors (Lipinski definition) is 0. The maximum absolute atomic E-state index is 12.8. The fraction of sp³-hybridized carbons (Fsp3) is 0.421. The molecule has 2 aliphatic rings. The molecule has 0 aromatic carbocycles. The van der Waals surface area contributed by atoms with E-state index in [1.54, 1.807) is 28.9 Å². The summed E-state index contributed by atoms with van der Waals surface area (Å²) in [5, 5.41) is 10.7. The van der Waals surface area contributed by atoms with E-state index in [1.165, 1.54) is 20.6 Å². The van der Waals surface area contributed by atoms with Crippen molar-refractivity contribution in [3.05, 3.63) is 66.9 Å². The number of nitrogens with zero attached hydrogens (tertiary/aromatic N) is 6. The Labute approximate surface area is 169 Å². The van der Waals surface area contributed by atoms with Gasteiger partial charge >= 0.3 is 11.1 Å². The molecule has 0 N–H and O–H groups in total. The van der Waals surface area contributed by atoms with Crippen LogP contribution in [-0.2, 0) is 25.6 Å². The van der Waals surface area contributed by atoms with Gasteiger partial charge in [-0.1, -0.05) is 6.07 Å². The van der Waals surface area contributed by atoms with E-state index in [0.717, 1.165) is 11.3 Å². The monoisotopic (exact) mass is 412 g/mol. The topological polar surface area (TPSA) is 95.0 Å². The van der Waals surface area contributed by atoms with E-state index in [4.69, 9.17) is 0 Å². The molecule has 0 bridgehead atoms. The van der Waals surface area contributed by atoms with Crippen LogP contribution >= 0.6 is 11.3 Å². The smallest absolute Gasteiger partial charge is 0.332 e. The second-order valence-electron chi connectivity index (χ2n) is 7.70. The standard InChI is InChI=1S/C19H20N6O3S/c1-22-7-4-14(20-22)15(26)23-8-5-19(12-23)6-9-24-16(27)17(28)25(21-18(19)24)11-13-3-2-10-29-13/h2-4,7,10H,5-6,8-9,11-12H2,1H3/t19-/m0/s1. The number of rotatable bonds is 3. The summed E-state index contributed by atoms with van der Waals surface area (Å²) in [4.78, 5) is 40.8. The summed E-state index contributed by atoms with van der Waals surface area (Å²) in [6, 6.07) is 5.53. The van der Waals surface area contributed by atoms with Gasteiger partial charge in [-0.15, -0.1) is 11.3 Å². The number of hydrogen-bond acceptors (Lipinski definition) is 6. The van der Waals surface area contributed by atoms with Crippen molar-refractivity contribution in [2.75, 3.05) is 13.1 Å². The van der Waals surface area contributed by atoms with E-state index in [-0.39, 0.29) is 12.5 Å². The number of aromatic nitrogens is 5. The summed E-state index contributed by atoms with van der Waals surface area (Å²) < 4.78 is 4.38. The second-order valence-corrected chi connectivity index (χ2v) is 8.74. The Morgan fingerprint density at radius 3 is 2.72 bits per heavy atom. The van der Waals surface area contributed by atoms with Crippen molar-refractivity contribution in [3.8, 4) is 0 Å². The molecule has 2 aliphatic heterocycles. The highest BCUT2D eigenvalue weighted by Crippen LogP contribution is 2.40. The van der Waals surface area contributed by atoms with Crippen molar-refractivity contribution < 1.29 is 4.79 Å². The van der Waals surface area contributed by atoms with Crippen LogP contribution in [0.1, 0.15) is 34.0 Å². The maximum Gasteiger partial charge on any atom is 0.332 e. The SMILES string of the molecule is Cn1ccc(C(=O)N2CC[C@]3(CCn4c3nn(Cc3cccs3)c(=O)c4=O)C2)n1. The number of fused-ring (bicyclic) bond motifs is 2. The Hall–Kier alpha value is -3.01. The first-order chi connectivity index (χ1) is 14.0. The molecule has 10 heteroatoms. The Morgan fingerprint density at radius 2 is 2.00 bits per heavy atom. The minimum absolute atomic E-state index is 0.116. The first-order valence-corrected chi connectivity index (χ1v) is 10.4. The average Bonchev–Trinajstić information content (AvgIpc) is 3.49. The minimum Gasteiger partial charge on any atom is -0.336 e. The van der Waals surface area contributed by atoms with E-state index in [9.17, 15) is 14.4 Å². The predicted molar refractivity (Wildman–Crippen MR) is 106 cm³/mol. The molecule has 3 aromatic heterocycles. The molecule has 1 atom stereocenters. The van der Waals surface area contributed by atoms with Crippen LogP contribution in [0.25, 0.3) is 0 Å². The van der Waals surface area contributed by atoms with E-state index in [2.05, 4.69) is 10.2 Å². The molecule has 150 valence electrons. The highest BCUT2D eigenvalue weighted by molar-refractivity contribution is 7.09. The third-order valence-electron chi connectivity index (χ3n) is 5.88. The number of carbonyl (C=O) groups excluding carboxylic acids is 1. The fourth-order valence-corrected chi connectivity index (χ4v) is 5.04. The van der Waals surface area contributed by atoms with Gasteiger partial charge in [0.15, 0.2) is 0 Å². The second kappa shape index (κ2) is 6.51. The van der Waals surface area contributed by atoms with Crippen molar-refractivity contribution in [1.29, 1.82) is 0 Å². The molecule has 1 amide bonds. The highest BCUT2D eigenvalue weighted by Gasteiger charge is 2.48. The summed E-state index contributed by atoms with van der Waals surface area (Å²) in [7, 11) is 1.78. The van der Waals surface area contributed by atoms with Gasteiger partial charge in [-0.2, -0.15) is 10.2 Å². The Balaban J connectivity index is 1.49. The molecular formula is C19H20N6O3S. The number of amides is 1. The molecule has 3 aromatic rings. The molecule has 29 heavy (non-hydrogen) atoms. The zero-order chi connectivity index (χ0) is 20.2. The van der Waals surface area contributed by atoms with Crippen molar-refractivity contribution in [3.63, 3.8) is 0 Å². The minimum atomic E-state index is -0.599. The van der Waals surface area contributed by atoms with Crippen molar-refractivity contribution in [1.82, 2.24) is 29.0 Å². The highest BCUT2D eigenvalue weighted by atomic mass is 32.1. The van der Waals surface area contributed by atoms with Crippen molar-refractivity contribution in [2.24, 2.45) is 7.05 Å². The zero-order valence-electron chi connectivity index (χ0n) is 15.9. The van der Waals surface area contributed by atoms with Crippen LogP contribution in [0.5, 0.6) is 0 Å². The average molecular weight is 412 g/mol. The van der Waals surface area contributed by atoms with Crippen LogP contribution in [0.3, 0.4) is 0 Å². The molecule has 1 fully saturated rings. The summed E-state index contributed by atoms with van der Waals surface area (Å²) in [5.41, 5.74) is -1.11. The molecule has 5 rings (SSSR count). The van der Waals surface area contributed by atoms with E-state index >= 15 is 0 Å². The number of carbonyl (C=O) groups is 1. The molecular weight excluding hydrogens is 392 g/mol. The molecule has 0 saturated carbocycles. The lowest BCUT2D eigenvalue weighted by molar-refractivity contribution is 0.0776. The van der Waals surface area contributed by atoms with E-state index in [0.29, 0.717) is 37.6 Å². The Bertz CT molecular complexity index is 1210. The van der Waals surface area contributed by atoms with Crippen LogP contribution in [0.4, 0.5) is 0 Å².